The van der Waals surface area contributed by atoms with Gasteiger partial charge in [0.2, 0.25) is 0 Å². The van der Waals surface area contributed by atoms with Gasteiger partial charge in [-0.15, -0.1) is 6.58 Å². The SMILES string of the molecule is C=C[C@H]1O[C@@H](n2ccc(=O)[nH]c2=O)[C@H](OC)C1O[Si](C)(C)C(C)(C)C. The van der Waals surface area contributed by atoms with Crippen LogP contribution in [0, 0.1) is 0 Å². The summed E-state index contributed by atoms with van der Waals surface area (Å²) in [5.74, 6) is 0. The van der Waals surface area contributed by atoms with E-state index in [2.05, 4.69) is 45.4 Å². The quantitative estimate of drug-likeness (QED) is 0.635. The summed E-state index contributed by atoms with van der Waals surface area (Å²) < 4.78 is 19.5. The van der Waals surface area contributed by atoms with E-state index in [1.807, 2.05) is 0 Å². The maximum atomic E-state index is 12.1. The lowest BCUT2D eigenvalue weighted by molar-refractivity contribution is -0.0482. The lowest BCUT2D eigenvalue weighted by atomic mass is 10.1. The Morgan fingerprint density at radius 1 is 1.32 bits per heavy atom. The smallest absolute Gasteiger partial charge is 0.330 e. The topological polar surface area (TPSA) is 82.6 Å². The average molecular weight is 369 g/mol. The molecule has 0 radical (unpaired) electrons. The van der Waals surface area contributed by atoms with E-state index < -0.39 is 38.0 Å². The van der Waals surface area contributed by atoms with E-state index in [0.717, 1.165) is 0 Å². The highest BCUT2D eigenvalue weighted by Gasteiger charge is 2.50. The highest BCUT2D eigenvalue weighted by atomic mass is 28.4. The van der Waals surface area contributed by atoms with Crippen molar-refractivity contribution in [2.75, 3.05) is 7.11 Å². The van der Waals surface area contributed by atoms with Crippen LogP contribution >= 0.6 is 0 Å². The summed E-state index contributed by atoms with van der Waals surface area (Å²) in [7, 11) is -0.531. The number of H-pyrrole nitrogens is 1. The van der Waals surface area contributed by atoms with Crippen LogP contribution in [-0.2, 0) is 13.9 Å². The molecule has 2 rings (SSSR count). The lowest BCUT2D eigenvalue weighted by Gasteiger charge is -2.40. The Balaban J connectivity index is 2.39. The second kappa shape index (κ2) is 7.03. The molecule has 1 N–H and O–H groups in total. The van der Waals surface area contributed by atoms with Crippen molar-refractivity contribution in [1.29, 1.82) is 0 Å². The Morgan fingerprint density at radius 2 is 1.96 bits per heavy atom. The first kappa shape index (κ1) is 19.8. The van der Waals surface area contributed by atoms with Gasteiger partial charge in [-0.3, -0.25) is 14.3 Å². The zero-order valence-electron chi connectivity index (χ0n) is 15.7. The molecule has 0 aliphatic carbocycles. The molecule has 0 spiro atoms. The van der Waals surface area contributed by atoms with Gasteiger partial charge in [0.15, 0.2) is 14.5 Å². The molecule has 0 bridgehead atoms. The van der Waals surface area contributed by atoms with Crippen LogP contribution in [-0.4, -0.2) is 43.3 Å². The van der Waals surface area contributed by atoms with Crippen molar-refractivity contribution in [3.63, 3.8) is 0 Å². The van der Waals surface area contributed by atoms with Crippen molar-refractivity contribution in [3.8, 4) is 0 Å². The number of nitrogens with one attached hydrogen (secondary N) is 1. The summed E-state index contributed by atoms with van der Waals surface area (Å²) in [6.45, 7) is 14.6. The predicted molar refractivity (Wildman–Crippen MR) is 98.3 cm³/mol. The van der Waals surface area contributed by atoms with Crippen molar-refractivity contribution in [3.05, 3.63) is 45.8 Å². The number of nitrogens with zero attached hydrogens (tertiary/aromatic N) is 1. The van der Waals surface area contributed by atoms with E-state index in [1.54, 1.807) is 13.2 Å². The third kappa shape index (κ3) is 3.87. The standard InChI is InChI=1S/C17H28N2O5Si/c1-8-11-13(24-25(6,7)17(2,3)4)14(22-5)15(23-11)19-10-9-12(20)18-16(19)21/h8-11,13-15H,1H2,2-7H3,(H,18,20,21)/t11-,13?,14-,15-/m1/s1. The normalized spacial score (nSPS) is 27.4. The highest BCUT2D eigenvalue weighted by Crippen LogP contribution is 2.41. The molecule has 4 atom stereocenters. The summed E-state index contributed by atoms with van der Waals surface area (Å²) in [6, 6.07) is 1.28. The minimum absolute atomic E-state index is 0.0178. The van der Waals surface area contributed by atoms with Crippen LogP contribution in [0.5, 0.6) is 0 Å². The van der Waals surface area contributed by atoms with Crippen LogP contribution in [0.3, 0.4) is 0 Å². The third-order valence-corrected chi connectivity index (χ3v) is 9.57. The van der Waals surface area contributed by atoms with Crippen LogP contribution in [0.25, 0.3) is 0 Å². The summed E-state index contributed by atoms with van der Waals surface area (Å²) in [6.07, 6.45) is 1.08. The second-order valence-corrected chi connectivity index (χ2v) is 12.5. The minimum atomic E-state index is -2.09. The number of methoxy groups -OCH3 is 1. The molecule has 1 aromatic rings. The van der Waals surface area contributed by atoms with Gasteiger partial charge in [0.25, 0.3) is 5.56 Å². The number of hydrogen-bond donors (Lipinski definition) is 1. The molecule has 1 aliphatic rings. The molecule has 0 amide bonds. The summed E-state index contributed by atoms with van der Waals surface area (Å²) >= 11 is 0. The molecular weight excluding hydrogens is 340 g/mol. The largest absolute Gasteiger partial charge is 0.408 e. The molecule has 25 heavy (non-hydrogen) atoms. The van der Waals surface area contributed by atoms with Gasteiger partial charge >= 0.3 is 5.69 Å². The fraction of sp³-hybridized carbons (Fsp3) is 0.647. The molecule has 8 heteroatoms. The van der Waals surface area contributed by atoms with Crippen molar-refractivity contribution < 1.29 is 13.9 Å². The zero-order chi connectivity index (χ0) is 19.0. The van der Waals surface area contributed by atoms with E-state index in [1.165, 1.54) is 16.8 Å². The zero-order valence-corrected chi connectivity index (χ0v) is 16.7. The fourth-order valence-corrected chi connectivity index (χ4v) is 3.91. The first-order chi connectivity index (χ1) is 11.5. The monoisotopic (exact) mass is 368 g/mol. The van der Waals surface area contributed by atoms with Crippen LogP contribution < -0.4 is 11.2 Å². The second-order valence-electron chi connectivity index (χ2n) is 7.79. The number of aromatic nitrogens is 2. The third-order valence-electron chi connectivity index (χ3n) is 5.09. The van der Waals surface area contributed by atoms with Crippen LogP contribution in [0.1, 0.15) is 27.0 Å². The molecular formula is C17H28N2O5Si. The molecule has 140 valence electrons. The summed E-state index contributed by atoms with van der Waals surface area (Å²) in [5.41, 5.74) is -1.00. The molecule has 1 fully saturated rings. The Hall–Kier alpha value is -1.48. The number of rotatable bonds is 5. The number of hydrogen-bond acceptors (Lipinski definition) is 5. The molecule has 1 aromatic heterocycles. The first-order valence-electron chi connectivity index (χ1n) is 8.32. The van der Waals surface area contributed by atoms with Crippen LogP contribution in [0.2, 0.25) is 18.1 Å². The average Bonchev–Trinajstić information content (AvgIpc) is 2.82. The minimum Gasteiger partial charge on any atom is -0.408 e. The summed E-state index contributed by atoms with van der Waals surface area (Å²) in [5, 5.41) is 0.0178. The van der Waals surface area contributed by atoms with Crippen LogP contribution in [0.4, 0.5) is 0 Å². The van der Waals surface area contributed by atoms with E-state index in [9.17, 15) is 9.59 Å². The lowest BCUT2D eigenvalue weighted by Crippen LogP contribution is -2.49. The van der Waals surface area contributed by atoms with E-state index in [0.29, 0.717) is 0 Å². The van der Waals surface area contributed by atoms with Gasteiger partial charge < -0.3 is 13.9 Å². The van der Waals surface area contributed by atoms with Gasteiger partial charge in [0.05, 0.1) is 0 Å². The Morgan fingerprint density at radius 3 is 2.44 bits per heavy atom. The van der Waals surface area contributed by atoms with Crippen molar-refractivity contribution in [2.24, 2.45) is 0 Å². The molecule has 2 heterocycles. The molecule has 0 aromatic carbocycles. The maximum absolute atomic E-state index is 12.1. The predicted octanol–water partition coefficient (Wildman–Crippen LogP) is 2.03. The Labute approximate surface area is 148 Å². The van der Waals surface area contributed by atoms with Gasteiger partial charge in [0, 0.05) is 19.4 Å². The summed E-state index contributed by atoms with van der Waals surface area (Å²) in [4.78, 5) is 25.7. The van der Waals surface area contributed by atoms with Gasteiger partial charge in [0.1, 0.15) is 18.3 Å². The molecule has 1 unspecified atom stereocenters. The first-order valence-corrected chi connectivity index (χ1v) is 11.2. The van der Waals surface area contributed by atoms with E-state index in [-0.39, 0.29) is 11.1 Å². The molecule has 1 aliphatic heterocycles. The highest BCUT2D eigenvalue weighted by molar-refractivity contribution is 6.74. The van der Waals surface area contributed by atoms with Crippen molar-refractivity contribution in [2.45, 2.75) is 63.4 Å². The van der Waals surface area contributed by atoms with Gasteiger partial charge in [-0.1, -0.05) is 26.8 Å². The number of aromatic amines is 1. The van der Waals surface area contributed by atoms with Crippen LogP contribution in [0.15, 0.2) is 34.5 Å². The van der Waals surface area contributed by atoms with Gasteiger partial charge in [-0.25, -0.2) is 4.79 Å². The molecule has 0 saturated carbocycles. The van der Waals surface area contributed by atoms with Gasteiger partial charge in [-0.2, -0.15) is 0 Å². The fourth-order valence-electron chi connectivity index (χ4n) is 2.61. The van der Waals surface area contributed by atoms with E-state index in [4.69, 9.17) is 13.9 Å². The molecule has 7 nitrogen and oxygen atoms in total. The van der Waals surface area contributed by atoms with Crippen molar-refractivity contribution >= 4 is 8.32 Å². The van der Waals surface area contributed by atoms with Gasteiger partial charge in [-0.05, 0) is 18.1 Å². The Kier molecular flexibility index (Phi) is 5.58. The maximum Gasteiger partial charge on any atom is 0.330 e. The molecule has 1 saturated heterocycles. The van der Waals surface area contributed by atoms with Crippen molar-refractivity contribution in [1.82, 2.24) is 9.55 Å². The van der Waals surface area contributed by atoms with E-state index >= 15 is 0 Å². The number of ether oxygens (including phenoxy) is 2. The Bertz CT molecular complexity index is 734.